The third kappa shape index (κ3) is 7.33. The van der Waals surface area contributed by atoms with E-state index in [4.69, 9.17) is 19.9 Å². The van der Waals surface area contributed by atoms with Gasteiger partial charge in [-0.05, 0) is 111 Å². The van der Waals surface area contributed by atoms with Crippen LogP contribution in [0.5, 0.6) is 0 Å². The number of hydrogen-bond donors (Lipinski definition) is 2. The van der Waals surface area contributed by atoms with Crippen molar-refractivity contribution in [2.75, 3.05) is 25.5 Å². The molecule has 0 heterocycles. The topological polar surface area (TPSA) is 82.8 Å². The molecule has 0 radical (unpaired) electrons. The van der Waals surface area contributed by atoms with Crippen LogP contribution in [0.15, 0.2) is 35.9 Å². The van der Waals surface area contributed by atoms with E-state index < -0.39 is 6.29 Å². The van der Waals surface area contributed by atoms with Gasteiger partial charge >= 0.3 is 6.09 Å². The molecule has 1 aromatic carbocycles. The molecule has 44 heavy (non-hydrogen) atoms. The molecule has 0 aromatic heterocycles. The van der Waals surface area contributed by atoms with Crippen molar-refractivity contribution in [1.29, 1.82) is 0 Å². The molecule has 6 nitrogen and oxygen atoms in total. The Balaban J connectivity index is 1.09. The van der Waals surface area contributed by atoms with Crippen LogP contribution in [-0.4, -0.2) is 32.0 Å². The van der Waals surface area contributed by atoms with Crippen molar-refractivity contribution in [3.8, 4) is 0 Å². The van der Waals surface area contributed by atoms with Crippen LogP contribution in [0.2, 0.25) is 0 Å². The minimum Gasteiger partial charge on any atom is -0.446 e. The second-order valence-corrected chi connectivity index (χ2v) is 15.3. The number of alkyl carbamates (subject to hydrolysis) is 1. The molecule has 1 aromatic rings. The van der Waals surface area contributed by atoms with Gasteiger partial charge in [0.25, 0.3) is 0 Å². The number of fused-ring (bicyclic) bond motifs is 5. The Morgan fingerprint density at radius 2 is 1.82 bits per heavy atom. The Labute approximate surface area is 267 Å². The molecule has 4 aliphatic rings. The lowest BCUT2D eigenvalue weighted by molar-refractivity contribution is -0.142. The Kier molecular flexibility index (Phi) is 11.0. The van der Waals surface area contributed by atoms with Gasteiger partial charge in [0, 0.05) is 30.8 Å². The van der Waals surface area contributed by atoms with E-state index in [0.29, 0.717) is 30.9 Å². The zero-order chi connectivity index (χ0) is 31.3. The molecule has 5 rings (SSSR count). The number of hydrogen-bond acceptors (Lipinski definition) is 5. The maximum Gasteiger partial charge on any atom is 0.407 e. The summed E-state index contributed by atoms with van der Waals surface area (Å²) in [5.41, 5.74) is 9.78. The van der Waals surface area contributed by atoms with Gasteiger partial charge in [0.2, 0.25) is 0 Å². The summed E-state index contributed by atoms with van der Waals surface area (Å²) in [5, 5.41) is 2.89. The molecule has 0 saturated heterocycles. The zero-order valence-electron chi connectivity index (χ0n) is 28.2. The molecule has 0 aliphatic heterocycles. The highest BCUT2D eigenvalue weighted by atomic mass is 16.7. The summed E-state index contributed by atoms with van der Waals surface area (Å²) in [6.45, 7) is 13.1. The van der Waals surface area contributed by atoms with Crippen LogP contribution in [0.3, 0.4) is 0 Å². The summed E-state index contributed by atoms with van der Waals surface area (Å²) in [6.07, 6.45) is 17.2. The van der Waals surface area contributed by atoms with Crippen LogP contribution < -0.4 is 11.1 Å². The van der Waals surface area contributed by atoms with E-state index in [2.05, 4.69) is 39.1 Å². The highest BCUT2D eigenvalue weighted by Gasteiger charge is 2.58. The van der Waals surface area contributed by atoms with E-state index in [9.17, 15) is 4.79 Å². The molecule has 8 unspecified atom stereocenters. The van der Waals surface area contributed by atoms with Gasteiger partial charge in [0.1, 0.15) is 6.10 Å². The monoisotopic (exact) mass is 608 g/mol. The van der Waals surface area contributed by atoms with Crippen molar-refractivity contribution in [3.05, 3.63) is 41.5 Å². The Hall–Kier alpha value is -2.05. The Bertz CT molecular complexity index is 1120. The van der Waals surface area contributed by atoms with E-state index >= 15 is 0 Å². The number of anilines is 1. The van der Waals surface area contributed by atoms with Crippen molar-refractivity contribution < 1.29 is 19.0 Å². The predicted molar refractivity (Wildman–Crippen MR) is 178 cm³/mol. The molecule has 1 amide bonds. The van der Waals surface area contributed by atoms with Crippen molar-refractivity contribution in [2.45, 2.75) is 124 Å². The molecule has 3 fully saturated rings. The van der Waals surface area contributed by atoms with Crippen LogP contribution in [0.1, 0.15) is 124 Å². The van der Waals surface area contributed by atoms with E-state index in [1.165, 1.54) is 57.8 Å². The molecule has 246 valence electrons. The minimum absolute atomic E-state index is 0.0479. The third-order valence-corrected chi connectivity index (χ3v) is 12.3. The molecule has 4 aliphatic carbocycles. The minimum atomic E-state index is -0.487. The summed E-state index contributed by atoms with van der Waals surface area (Å²) in [4.78, 5) is 12.7. The van der Waals surface area contributed by atoms with Gasteiger partial charge in [-0.2, -0.15) is 0 Å². The number of amides is 1. The van der Waals surface area contributed by atoms with Crippen molar-refractivity contribution in [2.24, 2.45) is 40.4 Å². The summed E-state index contributed by atoms with van der Waals surface area (Å²) >= 11 is 0. The standard InChI is InChI=1S/C38H60N2O4/c1-6-42-35(27-11-15-30(39)16-12-27)43-24-23-40-36(41)44-31-19-21-38(5)29(25-31)13-17-32-33-18-14-28(10-8-7-9-26(2)3)37(33,4)22-20-34(32)38/h11-13,15-16,26,28,31-35H,6-10,14,17-25,39H2,1-5H3,(H,40,41). The number of benzene rings is 1. The second kappa shape index (κ2) is 14.6. The SMILES string of the molecule is CCOC(OCCNC(=O)OC1CCC2(C)C(=CCC3C2CCC2(C)C(CCCCC(C)C)CCC32)C1)c1ccc(N)cc1. The highest BCUT2D eigenvalue weighted by Crippen LogP contribution is 2.66. The number of ether oxygens (including phenoxy) is 3. The Morgan fingerprint density at radius 3 is 2.57 bits per heavy atom. The molecule has 3 N–H and O–H groups in total. The van der Waals surface area contributed by atoms with Gasteiger partial charge in [-0.3, -0.25) is 0 Å². The number of carbonyl (C=O) groups excluding carboxylic acids is 1. The fourth-order valence-corrected chi connectivity index (χ4v) is 9.81. The van der Waals surface area contributed by atoms with Crippen LogP contribution in [0.4, 0.5) is 10.5 Å². The van der Waals surface area contributed by atoms with Gasteiger partial charge < -0.3 is 25.3 Å². The van der Waals surface area contributed by atoms with Gasteiger partial charge in [-0.25, -0.2) is 4.79 Å². The maximum atomic E-state index is 12.7. The van der Waals surface area contributed by atoms with Crippen LogP contribution >= 0.6 is 0 Å². The quantitative estimate of drug-likeness (QED) is 0.101. The predicted octanol–water partition coefficient (Wildman–Crippen LogP) is 9.21. The smallest absolute Gasteiger partial charge is 0.407 e. The first kappa shape index (κ1) is 33.3. The number of nitrogens with one attached hydrogen (secondary N) is 1. The number of allylic oxidation sites excluding steroid dienone is 1. The molecule has 3 saturated carbocycles. The number of unbranched alkanes of at least 4 members (excludes halogenated alkanes) is 1. The van der Waals surface area contributed by atoms with Gasteiger partial charge in [-0.1, -0.05) is 70.7 Å². The number of nitrogens with two attached hydrogens (primary N) is 1. The summed E-state index contributed by atoms with van der Waals surface area (Å²) < 4.78 is 17.6. The van der Waals surface area contributed by atoms with Crippen LogP contribution in [-0.2, 0) is 14.2 Å². The molecular formula is C38H60N2O4. The summed E-state index contributed by atoms with van der Waals surface area (Å²) in [6, 6.07) is 7.48. The first-order valence-corrected chi connectivity index (χ1v) is 17.9. The lowest BCUT2D eigenvalue weighted by Gasteiger charge is -2.58. The summed E-state index contributed by atoms with van der Waals surface area (Å²) in [7, 11) is 0. The largest absolute Gasteiger partial charge is 0.446 e. The van der Waals surface area contributed by atoms with E-state index in [0.717, 1.165) is 54.4 Å². The number of nitrogen functional groups attached to an aromatic ring is 1. The molecular weight excluding hydrogens is 548 g/mol. The van der Waals surface area contributed by atoms with E-state index in [1.54, 1.807) is 5.57 Å². The highest BCUT2D eigenvalue weighted by molar-refractivity contribution is 5.67. The average molecular weight is 609 g/mol. The van der Waals surface area contributed by atoms with Crippen LogP contribution in [0.25, 0.3) is 0 Å². The lowest BCUT2D eigenvalue weighted by Crippen LogP contribution is -2.50. The second-order valence-electron chi connectivity index (χ2n) is 15.3. The zero-order valence-corrected chi connectivity index (χ0v) is 28.2. The number of carbonyl (C=O) groups is 1. The molecule has 8 atom stereocenters. The first-order chi connectivity index (χ1) is 21.1. The van der Waals surface area contributed by atoms with Crippen LogP contribution in [0, 0.1) is 40.4 Å². The third-order valence-electron chi connectivity index (χ3n) is 12.3. The molecule has 0 bridgehead atoms. The van der Waals surface area contributed by atoms with E-state index in [-0.39, 0.29) is 17.6 Å². The van der Waals surface area contributed by atoms with Gasteiger partial charge in [-0.15, -0.1) is 0 Å². The van der Waals surface area contributed by atoms with Gasteiger partial charge in [0.05, 0.1) is 6.61 Å². The molecule has 0 spiro atoms. The normalized spacial score (nSPS) is 33.6. The molecule has 6 heteroatoms. The first-order valence-electron chi connectivity index (χ1n) is 17.9. The lowest BCUT2D eigenvalue weighted by atomic mass is 9.47. The number of rotatable bonds is 13. The summed E-state index contributed by atoms with van der Waals surface area (Å²) in [5.74, 6) is 4.25. The van der Waals surface area contributed by atoms with Crippen molar-refractivity contribution in [3.63, 3.8) is 0 Å². The van der Waals surface area contributed by atoms with E-state index in [1.807, 2.05) is 31.2 Å². The fraction of sp³-hybridized carbons (Fsp3) is 0.763. The average Bonchev–Trinajstić information content (AvgIpc) is 3.33. The van der Waals surface area contributed by atoms with Crippen molar-refractivity contribution in [1.82, 2.24) is 5.32 Å². The van der Waals surface area contributed by atoms with Crippen molar-refractivity contribution >= 4 is 11.8 Å². The van der Waals surface area contributed by atoms with Gasteiger partial charge in [0.15, 0.2) is 6.29 Å². The fourth-order valence-electron chi connectivity index (χ4n) is 9.81. The maximum absolute atomic E-state index is 12.7. The Morgan fingerprint density at radius 1 is 1.02 bits per heavy atom.